The van der Waals surface area contributed by atoms with Crippen molar-refractivity contribution < 1.29 is 19.0 Å². The number of nitrogens with two attached hydrogens (primary N) is 1. The maximum Gasteiger partial charge on any atom is 0.326 e. The number of carboxylic acid groups (broad SMARTS) is 1. The van der Waals surface area contributed by atoms with E-state index in [2.05, 4.69) is 0 Å². The first-order valence-electron chi connectivity index (χ1n) is 3.31. The van der Waals surface area contributed by atoms with Crippen molar-refractivity contribution in [2.75, 3.05) is 13.2 Å². The van der Waals surface area contributed by atoms with Gasteiger partial charge in [0.2, 0.25) is 0 Å². The molecule has 3 N–H and O–H groups in total. The van der Waals surface area contributed by atoms with Gasteiger partial charge in [-0.15, -0.1) is 0 Å². The van der Waals surface area contributed by atoms with E-state index in [0.29, 0.717) is 0 Å². The Bertz CT molecular complexity index is 175. The van der Waals surface area contributed by atoms with Crippen LogP contribution < -0.4 is 5.73 Å². The van der Waals surface area contributed by atoms with E-state index < -0.39 is 17.7 Å². The van der Waals surface area contributed by atoms with Crippen LogP contribution in [0.2, 0.25) is 0 Å². The molecular formula is C6H10FNO3. The van der Waals surface area contributed by atoms with Crippen LogP contribution in [0.15, 0.2) is 0 Å². The highest BCUT2D eigenvalue weighted by Gasteiger charge is 2.45. The van der Waals surface area contributed by atoms with Crippen LogP contribution in [0.25, 0.3) is 0 Å². The van der Waals surface area contributed by atoms with Crippen molar-refractivity contribution in [2.24, 2.45) is 5.73 Å². The number of carbonyl (C=O) groups is 1. The molecular weight excluding hydrogens is 153 g/mol. The molecule has 0 aromatic heterocycles. The summed E-state index contributed by atoms with van der Waals surface area (Å²) < 4.78 is 17.6. The number of aliphatic carboxylic acids is 1. The van der Waals surface area contributed by atoms with E-state index in [0.717, 1.165) is 0 Å². The number of halogens is 1. The van der Waals surface area contributed by atoms with Crippen molar-refractivity contribution in [3.05, 3.63) is 0 Å². The van der Waals surface area contributed by atoms with Crippen molar-refractivity contribution in [1.82, 2.24) is 0 Å². The Kier molecular flexibility index (Phi) is 2.10. The fourth-order valence-electron chi connectivity index (χ4n) is 0.974. The summed E-state index contributed by atoms with van der Waals surface area (Å²) in [7, 11) is 0. The molecule has 1 aliphatic heterocycles. The van der Waals surface area contributed by atoms with Crippen LogP contribution in [0, 0.1) is 0 Å². The quantitative estimate of drug-likeness (QED) is 0.548. The fraction of sp³-hybridized carbons (Fsp3) is 0.833. The van der Waals surface area contributed by atoms with Gasteiger partial charge in [0.15, 0.2) is 11.7 Å². The van der Waals surface area contributed by atoms with Crippen molar-refractivity contribution >= 4 is 5.97 Å². The molecule has 64 valence electrons. The zero-order valence-electron chi connectivity index (χ0n) is 5.92. The Morgan fingerprint density at radius 3 is 2.82 bits per heavy atom. The number of rotatable bonds is 1. The van der Waals surface area contributed by atoms with Gasteiger partial charge in [0.05, 0.1) is 6.61 Å². The molecule has 11 heavy (non-hydrogen) atoms. The Morgan fingerprint density at radius 1 is 1.82 bits per heavy atom. The van der Waals surface area contributed by atoms with Crippen LogP contribution in [-0.4, -0.2) is 36.0 Å². The second-order valence-corrected chi connectivity index (χ2v) is 2.64. The lowest BCUT2D eigenvalue weighted by molar-refractivity contribution is -0.151. The van der Waals surface area contributed by atoms with E-state index in [4.69, 9.17) is 15.6 Å². The molecule has 4 nitrogen and oxygen atoms in total. The van der Waals surface area contributed by atoms with E-state index in [1.807, 2.05) is 0 Å². The number of hydrogen-bond acceptors (Lipinski definition) is 3. The smallest absolute Gasteiger partial charge is 0.326 e. The van der Waals surface area contributed by atoms with Gasteiger partial charge in [-0.1, -0.05) is 0 Å². The minimum Gasteiger partial charge on any atom is -0.480 e. The van der Waals surface area contributed by atoms with Crippen LogP contribution in [0.3, 0.4) is 0 Å². The number of alkyl halides is 1. The van der Waals surface area contributed by atoms with E-state index in [-0.39, 0.29) is 19.6 Å². The third kappa shape index (κ3) is 1.34. The minimum absolute atomic E-state index is 0.0312. The number of hydrogen-bond donors (Lipinski definition) is 2. The van der Waals surface area contributed by atoms with Crippen LogP contribution >= 0.6 is 0 Å². The molecule has 0 bridgehead atoms. The standard InChI is InChI=1S/C6H10FNO3/c7-4-3-11-2-1-6(4,8)5(9)10/h4H,1-3,8H2,(H,9,10)/t4?,6-/m0/s1. The van der Waals surface area contributed by atoms with Gasteiger partial charge in [0.1, 0.15) is 0 Å². The summed E-state index contributed by atoms with van der Waals surface area (Å²) >= 11 is 0. The second kappa shape index (κ2) is 2.75. The summed E-state index contributed by atoms with van der Waals surface area (Å²) in [6.45, 7) is -0.00792. The molecule has 5 heteroatoms. The van der Waals surface area contributed by atoms with Gasteiger partial charge in [-0.05, 0) is 0 Å². The molecule has 1 aliphatic rings. The third-order valence-corrected chi connectivity index (χ3v) is 1.88. The van der Waals surface area contributed by atoms with Crippen molar-refractivity contribution in [2.45, 2.75) is 18.1 Å². The summed E-state index contributed by atoms with van der Waals surface area (Å²) in [4.78, 5) is 10.5. The Balaban J connectivity index is 2.72. The predicted octanol–water partition coefficient (Wildman–Crippen LogP) is -0.473. The SMILES string of the molecule is N[C@@]1(C(=O)O)CCOCC1F. The van der Waals surface area contributed by atoms with Gasteiger partial charge < -0.3 is 15.6 Å². The zero-order valence-corrected chi connectivity index (χ0v) is 5.92. The highest BCUT2D eigenvalue weighted by molar-refractivity contribution is 5.79. The predicted molar refractivity (Wildman–Crippen MR) is 34.9 cm³/mol. The molecule has 0 aromatic carbocycles. The first-order valence-corrected chi connectivity index (χ1v) is 3.31. The van der Waals surface area contributed by atoms with Gasteiger partial charge in [-0.2, -0.15) is 0 Å². The van der Waals surface area contributed by atoms with Crippen LogP contribution in [0.4, 0.5) is 4.39 Å². The molecule has 0 aliphatic carbocycles. The number of carboxylic acids is 1. The molecule has 1 fully saturated rings. The Hall–Kier alpha value is -0.680. The van der Waals surface area contributed by atoms with Crippen molar-refractivity contribution in [3.63, 3.8) is 0 Å². The van der Waals surface area contributed by atoms with Gasteiger partial charge >= 0.3 is 5.97 Å². The summed E-state index contributed by atoms with van der Waals surface area (Å²) in [5, 5.41) is 8.55. The third-order valence-electron chi connectivity index (χ3n) is 1.88. The second-order valence-electron chi connectivity index (χ2n) is 2.64. The summed E-state index contributed by atoms with van der Waals surface area (Å²) in [5.41, 5.74) is 3.55. The zero-order chi connectivity index (χ0) is 8.48. The van der Waals surface area contributed by atoms with Crippen LogP contribution in [-0.2, 0) is 9.53 Å². The average Bonchev–Trinajstić information content (AvgIpc) is 1.95. The molecule has 1 unspecified atom stereocenters. The maximum absolute atomic E-state index is 12.9. The molecule has 1 rings (SSSR count). The van der Waals surface area contributed by atoms with Crippen LogP contribution in [0.5, 0.6) is 0 Å². The largest absolute Gasteiger partial charge is 0.480 e. The fourth-order valence-corrected chi connectivity index (χ4v) is 0.974. The van der Waals surface area contributed by atoms with Crippen molar-refractivity contribution in [1.29, 1.82) is 0 Å². The first kappa shape index (κ1) is 8.42. The molecule has 0 saturated carbocycles. The van der Waals surface area contributed by atoms with E-state index in [1.165, 1.54) is 0 Å². The van der Waals surface area contributed by atoms with Gasteiger partial charge in [-0.3, -0.25) is 4.79 Å². The van der Waals surface area contributed by atoms with Crippen LogP contribution in [0.1, 0.15) is 6.42 Å². The van der Waals surface area contributed by atoms with Gasteiger partial charge in [0.25, 0.3) is 0 Å². The molecule has 0 aromatic rings. The maximum atomic E-state index is 12.9. The Morgan fingerprint density at radius 2 is 2.45 bits per heavy atom. The summed E-state index contributed by atoms with van der Waals surface area (Å²) in [6.07, 6.45) is -1.57. The normalized spacial score (nSPS) is 38.5. The van der Waals surface area contributed by atoms with Gasteiger partial charge in [0, 0.05) is 13.0 Å². The molecule has 0 amide bonds. The Labute approximate surface area is 63.1 Å². The lowest BCUT2D eigenvalue weighted by Gasteiger charge is -2.32. The van der Waals surface area contributed by atoms with E-state index in [9.17, 15) is 9.18 Å². The monoisotopic (exact) mass is 163 g/mol. The lowest BCUT2D eigenvalue weighted by Crippen LogP contribution is -2.60. The average molecular weight is 163 g/mol. The summed E-state index contributed by atoms with van der Waals surface area (Å²) in [6, 6.07) is 0. The minimum atomic E-state index is -1.74. The van der Waals surface area contributed by atoms with Gasteiger partial charge in [-0.25, -0.2) is 4.39 Å². The van der Waals surface area contributed by atoms with Crippen molar-refractivity contribution in [3.8, 4) is 0 Å². The topological polar surface area (TPSA) is 72.6 Å². The summed E-state index contributed by atoms with van der Waals surface area (Å²) in [5.74, 6) is -1.30. The number of ether oxygens (including phenoxy) is 1. The van der Waals surface area contributed by atoms with E-state index >= 15 is 0 Å². The molecule has 2 atom stereocenters. The molecule has 1 heterocycles. The first-order chi connectivity index (χ1) is 5.07. The lowest BCUT2D eigenvalue weighted by atomic mass is 9.90. The van der Waals surface area contributed by atoms with E-state index in [1.54, 1.807) is 0 Å². The highest BCUT2D eigenvalue weighted by Crippen LogP contribution is 2.21. The molecule has 1 saturated heterocycles. The molecule has 0 spiro atoms. The highest BCUT2D eigenvalue weighted by atomic mass is 19.1. The molecule has 0 radical (unpaired) electrons.